The lowest BCUT2D eigenvalue weighted by atomic mass is 10.2. The van der Waals surface area contributed by atoms with Crippen molar-refractivity contribution in [3.63, 3.8) is 0 Å². The van der Waals surface area contributed by atoms with Gasteiger partial charge in [0.1, 0.15) is 11.5 Å². The number of rotatable bonds is 6. The Balaban J connectivity index is 1.42. The molecule has 0 bridgehead atoms. The summed E-state index contributed by atoms with van der Waals surface area (Å²) in [7, 11) is 0. The van der Waals surface area contributed by atoms with E-state index >= 15 is 0 Å². The molecule has 5 heteroatoms. The van der Waals surface area contributed by atoms with Crippen LogP contribution in [-0.4, -0.2) is 21.4 Å². The molecule has 0 amide bonds. The van der Waals surface area contributed by atoms with Gasteiger partial charge in [-0.15, -0.1) is 0 Å². The predicted octanol–water partition coefficient (Wildman–Crippen LogP) is 6.55. The van der Waals surface area contributed by atoms with Crippen molar-refractivity contribution >= 4 is 22.8 Å². The third kappa shape index (κ3) is 5.48. The fourth-order valence-electron chi connectivity index (χ4n) is 2.97. The molecule has 0 fully saturated rings. The number of nitrogens with zero attached hydrogens (tertiary/aromatic N) is 4. The summed E-state index contributed by atoms with van der Waals surface area (Å²) in [5.41, 5.74) is 5.17. The molecule has 0 unspecified atom stereocenters. The molecule has 0 N–H and O–H groups in total. The average molecular weight is 406 g/mol. The van der Waals surface area contributed by atoms with Crippen LogP contribution in [0.3, 0.4) is 0 Å². The van der Waals surface area contributed by atoms with Crippen LogP contribution in [0.1, 0.15) is 25.2 Å². The van der Waals surface area contributed by atoms with E-state index in [1.807, 2.05) is 98.8 Å². The summed E-state index contributed by atoms with van der Waals surface area (Å²) in [5.74, 6) is 1.49. The number of hydrogen-bond donors (Lipinski definition) is 0. The molecule has 31 heavy (non-hydrogen) atoms. The number of aliphatic imine (C=N–C) groups is 2. The van der Waals surface area contributed by atoms with Crippen molar-refractivity contribution in [2.45, 2.75) is 13.8 Å². The van der Waals surface area contributed by atoms with Crippen LogP contribution in [0, 0.1) is 0 Å². The Labute approximate surface area is 181 Å². The fraction of sp³-hybridized carbons (Fsp3) is 0.0769. The third-order valence-electron chi connectivity index (χ3n) is 4.57. The van der Waals surface area contributed by atoms with Gasteiger partial charge < -0.3 is 4.74 Å². The van der Waals surface area contributed by atoms with Gasteiger partial charge in [0.25, 0.3) is 0 Å². The van der Waals surface area contributed by atoms with E-state index in [0.717, 1.165) is 45.7 Å². The maximum atomic E-state index is 5.95. The molecule has 2 aromatic heterocycles. The first kappa shape index (κ1) is 20.2. The average Bonchev–Trinajstić information content (AvgIpc) is 2.82. The first-order valence-corrected chi connectivity index (χ1v) is 9.99. The Hall–Kier alpha value is -4.12. The van der Waals surface area contributed by atoms with Gasteiger partial charge in [-0.2, -0.15) is 0 Å². The van der Waals surface area contributed by atoms with Crippen LogP contribution in [-0.2, 0) is 0 Å². The third-order valence-corrected chi connectivity index (χ3v) is 4.57. The summed E-state index contributed by atoms with van der Waals surface area (Å²) in [6.45, 7) is 3.90. The fourth-order valence-corrected chi connectivity index (χ4v) is 2.97. The largest absolute Gasteiger partial charge is 0.457 e. The molecule has 152 valence electrons. The lowest BCUT2D eigenvalue weighted by Gasteiger charge is -2.07. The maximum absolute atomic E-state index is 5.95. The highest BCUT2D eigenvalue weighted by atomic mass is 16.5. The van der Waals surface area contributed by atoms with Gasteiger partial charge in [0.05, 0.1) is 34.2 Å². The minimum atomic E-state index is 0.746. The van der Waals surface area contributed by atoms with E-state index in [1.54, 1.807) is 12.4 Å². The van der Waals surface area contributed by atoms with Crippen molar-refractivity contribution < 1.29 is 4.74 Å². The van der Waals surface area contributed by atoms with E-state index in [9.17, 15) is 0 Å². The van der Waals surface area contributed by atoms with Crippen LogP contribution in [0.5, 0.6) is 11.5 Å². The summed E-state index contributed by atoms with van der Waals surface area (Å²) in [6, 6.07) is 26.9. The molecule has 0 saturated carbocycles. The summed E-state index contributed by atoms with van der Waals surface area (Å²) >= 11 is 0. The van der Waals surface area contributed by atoms with Gasteiger partial charge in [0, 0.05) is 12.4 Å². The number of ether oxygens (including phenoxy) is 1. The number of pyridine rings is 2. The normalized spacial score (nSPS) is 11.9. The second-order valence-electron chi connectivity index (χ2n) is 6.91. The van der Waals surface area contributed by atoms with Gasteiger partial charge in [-0.25, -0.2) is 0 Å². The minimum absolute atomic E-state index is 0.746. The minimum Gasteiger partial charge on any atom is -0.457 e. The van der Waals surface area contributed by atoms with Crippen LogP contribution < -0.4 is 4.74 Å². The molecule has 0 atom stereocenters. The van der Waals surface area contributed by atoms with Gasteiger partial charge in [0.2, 0.25) is 0 Å². The van der Waals surface area contributed by atoms with Crippen LogP contribution in [0.2, 0.25) is 0 Å². The van der Waals surface area contributed by atoms with Crippen LogP contribution in [0.25, 0.3) is 0 Å². The first-order valence-electron chi connectivity index (χ1n) is 9.99. The summed E-state index contributed by atoms with van der Waals surface area (Å²) in [5, 5.41) is 0. The summed E-state index contributed by atoms with van der Waals surface area (Å²) in [4.78, 5) is 17.9. The Morgan fingerprint density at radius 1 is 0.581 bits per heavy atom. The van der Waals surface area contributed by atoms with E-state index < -0.39 is 0 Å². The molecule has 2 heterocycles. The van der Waals surface area contributed by atoms with Gasteiger partial charge in [-0.3, -0.25) is 20.0 Å². The molecule has 4 aromatic rings. The molecule has 0 aliphatic heterocycles. The first-order chi connectivity index (χ1) is 15.2. The molecule has 0 aliphatic carbocycles. The van der Waals surface area contributed by atoms with Crippen LogP contribution >= 0.6 is 0 Å². The standard InChI is InChI=1S/C26H22N4O/c1-19(25-7-3-5-17-27-25)29-21-9-13-23(14-10-21)31-24-15-11-22(12-16-24)30-20(2)26-8-4-6-18-28-26/h3-18H,1-2H3. The zero-order chi connectivity index (χ0) is 21.5. The summed E-state index contributed by atoms with van der Waals surface area (Å²) in [6.07, 6.45) is 3.53. The van der Waals surface area contributed by atoms with E-state index in [0.29, 0.717) is 0 Å². The smallest absolute Gasteiger partial charge is 0.127 e. The highest BCUT2D eigenvalue weighted by Crippen LogP contribution is 2.26. The molecule has 5 nitrogen and oxygen atoms in total. The van der Waals surface area contributed by atoms with E-state index in [4.69, 9.17) is 4.74 Å². The lowest BCUT2D eigenvalue weighted by Crippen LogP contribution is -1.96. The zero-order valence-corrected chi connectivity index (χ0v) is 17.4. The maximum Gasteiger partial charge on any atom is 0.127 e. The predicted molar refractivity (Wildman–Crippen MR) is 125 cm³/mol. The Kier molecular flexibility index (Phi) is 6.24. The number of benzene rings is 2. The van der Waals surface area contributed by atoms with Gasteiger partial charge >= 0.3 is 0 Å². The van der Waals surface area contributed by atoms with Crippen molar-refractivity contribution in [3.05, 3.63) is 109 Å². The van der Waals surface area contributed by atoms with Crippen molar-refractivity contribution in [3.8, 4) is 11.5 Å². The van der Waals surface area contributed by atoms with Crippen molar-refractivity contribution in [2.24, 2.45) is 9.98 Å². The van der Waals surface area contributed by atoms with Gasteiger partial charge in [-0.05, 0) is 86.6 Å². The van der Waals surface area contributed by atoms with E-state index in [-0.39, 0.29) is 0 Å². The zero-order valence-electron chi connectivity index (χ0n) is 17.4. The van der Waals surface area contributed by atoms with Gasteiger partial charge in [0.15, 0.2) is 0 Å². The molecule has 0 aliphatic rings. The molecule has 0 spiro atoms. The molecule has 0 radical (unpaired) electrons. The van der Waals surface area contributed by atoms with Gasteiger partial charge in [-0.1, -0.05) is 12.1 Å². The topological polar surface area (TPSA) is 59.7 Å². The molecular weight excluding hydrogens is 384 g/mol. The highest BCUT2D eigenvalue weighted by molar-refractivity contribution is 5.99. The Bertz CT molecular complexity index is 1090. The second-order valence-corrected chi connectivity index (χ2v) is 6.91. The van der Waals surface area contributed by atoms with Crippen molar-refractivity contribution in [1.29, 1.82) is 0 Å². The van der Waals surface area contributed by atoms with Crippen LogP contribution in [0.4, 0.5) is 11.4 Å². The molecule has 4 rings (SSSR count). The number of aromatic nitrogens is 2. The van der Waals surface area contributed by atoms with Crippen molar-refractivity contribution in [1.82, 2.24) is 9.97 Å². The van der Waals surface area contributed by atoms with E-state index in [2.05, 4.69) is 20.0 Å². The summed E-state index contributed by atoms with van der Waals surface area (Å²) < 4.78 is 5.95. The number of hydrogen-bond acceptors (Lipinski definition) is 5. The van der Waals surface area contributed by atoms with Crippen LogP contribution in [0.15, 0.2) is 107 Å². The quantitative estimate of drug-likeness (QED) is 0.341. The monoisotopic (exact) mass is 406 g/mol. The van der Waals surface area contributed by atoms with Crippen molar-refractivity contribution in [2.75, 3.05) is 0 Å². The highest BCUT2D eigenvalue weighted by Gasteiger charge is 2.02. The second kappa shape index (κ2) is 9.59. The Morgan fingerprint density at radius 2 is 1.00 bits per heavy atom. The molecular formula is C26H22N4O. The SMILES string of the molecule is CC(=Nc1ccc(Oc2ccc(N=C(C)c3ccccn3)cc2)cc1)c1ccccn1. The molecule has 0 saturated heterocycles. The Morgan fingerprint density at radius 3 is 1.35 bits per heavy atom. The van der Waals surface area contributed by atoms with E-state index in [1.165, 1.54) is 0 Å². The lowest BCUT2D eigenvalue weighted by molar-refractivity contribution is 0.483. The molecule has 2 aromatic carbocycles.